The average molecular weight is 278 g/mol. The third-order valence-corrected chi connectivity index (χ3v) is 2.78. The lowest BCUT2D eigenvalue weighted by molar-refractivity contribution is -0.120. The average Bonchev–Trinajstić information content (AvgIpc) is 2.40. The highest BCUT2D eigenvalue weighted by Gasteiger charge is 2.21. The Balaban J connectivity index is 1.91. The van der Waals surface area contributed by atoms with Gasteiger partial charge in [0.05, 0.1) is 13.2 Å². The summed E-state index contributed by atoms with van der Waals surface area (Å²) in [4.78, 5) is 12.0. The number of hydrogen-bond acceptors (Lipinski definition) is 4. The summed E-state index contributed by atoms with van der Waals surface area (Å²) in [6, 6.07) is 7.09. The maximum atomic E-state index is 12.0. The van der Waals surface area contributed by atoms with Gasteiger partial charge in [0.2, 0.25) is 5.91 Å². The van der Waals surface area contributed by atoms with Crippen molar-refractivity contribution in [3.63, 3.8) is 0 Å². The molecule has 5 heteroatoms. The molecule has 0 spiro atoms. The fraction of sp³-hybridized carbons (Fsp3) is 0.533. The van der Waals surface area contributed by atoms with Gasteiger partial charge in [-0.25, -0.2) is 0 Å². The van der Waals surface area contributed by atoms with Gasteiger partial charge in [-0.1, -0.05) is 0 Å². The minimum absolute atomic E-state index is 0.0748. The Kier molecular flexibility index (Phi) is 4.62. The van der Waals surface area contributed by atoms with Crippen LogP contribution in [0.15, 0.2) is 24.3 Å². The molecule has 0 bridgehead atoms. The Hall–Kier alpha value is -1.59. The molecule has 2 rings (SSSR count). The van der Waals surface area contributed by atoms with E-state index >= 15 is 0 Å². The molecule has 1 aromatic carbocycles. The van der Waals surface area contributed by atoms with E-state index in [1.54, 1.807) is 0 Å². The van der Waals surface area contributed by atoms with E-state index < -0.39 is 0 Å². The van der Waals surface area contributed by atoms with Crippen LogP contribution in [-0.4, -0.2) is 37.3 Å². The number of carbonyl (C=O) groups is 1. The number of carbonyl (C=O) groups excluding carboxylic acids is 1. The molecular formula is C15H22N2O3. The second kappa shape index (κ2) is 6.24. The van der Waals surface area contributed by atoms with Gasteiger partial charge >= 0.3 is 0 Å². The molecule has 1 amide bonds. The first-order valence-electron chi connectivity index (χ1n) is 6.85. The highest BCUT2D eigenvalue weighted by Crippen LogP contribution is 2.20. The lowest BCUT2D eigenvalue weighted by atomic mass is 10.2. The number of anilines is 1. The third-order valence-electron chi connectivity index (χ3n) is 2.78. The molecule has 5 nitrogen and oxygen atoms in total. The molecule has 1 aliphatic heterocycles. The minimum atomic E-state index is -0.283. The van der Waals surface area contributed by atoms with E-state index in [0.29, 0.717) is 19.8 Å². The van der Waals surface area contributed by atoms with Crippen molar-refractivity contribution in [2.75, 3.05) is 25.1 Å². The summed E-state index contributed by atoms with van der Waals surface area (Å²) in [6.07, 6.45) is 0. The maximum Gasteiger partial charge on any atom is 0.243 e. The van der Waals surface area contributed by atoms with Gasteiger partial charge in [-0.2, -0.15) is 0 Å². The lowest BCUT2D eigenvalue weighted by Crippen LogP contribution is -2.48. The maximum absolute atomic E-state index is 12.0. The van der Waals surface area contributed by atoms with Crippen LogP contribution in [0.1, 0.15) is 20.8 Å². The molecule has 1 aromatic rings. The van der Waals surface area contributed by atoms with Gasteiger partial charge in [0.1, 0.15) is 17.4 Å². The fourth-order valence-corrected chi connectivity index (χ4v) is 1.92. The van der Waals surface area contributed by atoms with E-state index in [4.69, 9.17) is 9.47 Å². The predicted octanol–water partition coefficient (Wildman–Crippen LogP) is 1.79. The van der Waals surface area contributed by atoms with E-state index in [1.165, 1.54) is 0 Å². The monoisotopic (exact) mass is 278 g/mol. The first-order valence-corrected chi connectivity index (χ1v) is 6.85. The van der Waals surface area contributed by atoms with Gasteiger partial charge in [-0.05, 0) is 45.0 Å². The van der Waals surface area contributed by atoms with Gasteiger partial charge in [-0.15, -0.1) is 0 Å². The van der Waals surface area contributed by atoms with E-state index in [0.717, 1.165) is 11.4 Å². The van der Waals surface area contributed by atoms with E-state index in [1.807, 2.05) is 45.0 Å². The van der Waals surface area contributed by atoms with E-state index in [-0.39, 0.29) is 17.6 Å². The van der Waals surface area contributed by atoms with E-state index in [2.05, 4.69) is 10.6 Å². The molecule has 1 fully saturated rings. The van der Waals surface area contributed by atoms with Crippen LogP contribution in [0.4, 0.5) is 5.69 Å². The molecule has 1 aliphatic rings. The number of rotatable bonds is 3. The predicted molar refractivity (Wildman–Crippen MR) is 78.1 cm³/mol. The lowest BCUT2D eigenvalue weighted by Gasteiger charge is -2.23. The number of hydrogen-bond donors (Lipinski definition) is 2. The number of benzene rings is 1. The first kappa shape index (κ1) is 14.8. The molecule has 0 aromatic heterocycles. The molecule has 1 saturated heterocycles. The molecule has 110 valence electrons. The summed E-state index contributed by atoms with van der Waals surface area (Å²) in [7, 11) is 0. The summed E-state index contributed by atoms with van der Waals surface area (Å²) in [5.74, 6) is 0.712. The summed E-state index contributed by atoms with van der Waals surface area (Å²) < 4.78 is 11.0. The van der Waals surface area contributed by atoms with E-state index in [9.17, 15) is 4.79 Å². The Labute approximate surface area is 119 Å². The standard InChI is InChI=1S/C15H22N2O3/c1-15(2,3)20-12-6-4-11(5-7-12)17-14(18)13-10-19-9-8-16-13/h4-7,13,16H,8-10H2,1-3H3,(H,17,18). The molecule has 1 heterocycles. The Morgan fingerprint density at radius 1 is 1.35 bits per heavy atom. The molecule has 0 aliphatic carbocycles. The zero-order valence-electron chi connectivity index (χ0n) is 12.2. The molecule has 1 atom stereocenters. The zero-order valence-corrected chi connectivity index (χ0v) is 12.2. The number of nitrogens with one attached hydrogen (secondary N) is 2. The molecule has 20 heavy (non-hydrogen) atoms. The highest BCUT2D eigenvalue weighted by molar-refractivity contribution is 5.95. The molecule has 2 N–H and O–H groups in total. The van der Waals surface area contributed by atoms with Crippen molar-refractivity contribution in [1.82, 2.24) is 5.32 Å². The summed E-state index contributed by atoms with van der Waals surface area (Å²) in [5.41, 5.74) is 0.525. The van der Waals surface area contributed by atoms with Crippen molar-refractivity contribution in [1.29, 1.82) is 0 Å². The van der Waals surface area contributed by atoms with Crippen LogP contribution in [0, 0.1) is 0 Å². The van der Waals surface area contributed by atoms with Gasteiger partial charge in [0, 0.05) is 12.2 Å². The molecule has 0 saturated carbocycles. The van der Waals surface area contributed by atoms with Crippen LogP contribution in [0.2, 0.25) is 0 Å². The van der Waals surface area contributed by atoms with Crippen molar-refractivity contribution < 1.29 is 14.3 Å². The van der Waals surface area contributed by atoms with Gasteiger partial charge in [0.25, 0.3) is 0 Å². The Bertz CT molecular complexity index is 445. The second-order valence-corrected chi connectivity index (χ2v) is 5.81. The minimum Gasteiger partial charge on any atom is -0.488 e. The van der Waals surface area contributed by atoms with Crippen LogP contribution >= 0.6 is 0 Å². The van der Waals surface area contributed by atoms with Crippen molar-refractivity contribution in [2.45, 2.75) is 32.4 Å². The normalized spacial score (nSPS) is 19.4. The SMILES string of the molecule is CC(C)(C)Oc1ccc(NC(=O)C2COCCN2)cc1. The summed E-state index contributed by atoms with van der Waals surface area (Å²) in [5, 5.41) is 5.98. The number of morpholine rings is 1. The Morgan fingerprint density at radius 2 is 2.05 bits per heavy atom. The molecular weight excluding hydrogens is 256 g/mol. The Morgan fingerprint density at radius 3 is 2.60 bits per heavy atom. The molecule has 0 radical (unpaired) electrons. The largest absolute Gasteiger partial charge is 0.488 e. The summed E-state index contributed by atoms with van der Waals surface area (Å²) >= 11 is 0. The van der Waals surface area contributed by atoms with Crippen molar-refractivity contribution in [2.24, 2.45) is 0 Å². The van der Waals surface area contributed by atoms with Crippen molar-refractivity contribution in [3.8, 4) is 5.75 Å². The van der Waals surface area contributed by atoms with Gasteiger partial charge in [0.15, 0.2) is 0 Å². The van der Waals surface area contributed by atoms with Crippen LogP contribution in [0.25, 0.3) is 0 Å². The summed E-state index contributed by atoms with van der Waals surface area (Å²) in [6.45, 7) is 7.77. The second-order valence-electron chi connectivity index (χ2n) is 5.81. The highest BCUT2D eigenvalue weighted by atomic mass is 16.5. The number of ether oxygens (including phenoxy) is 2. The van der Waals surface area contributed by atoms with Crippen LogP contribution < -0.4 is 15.4 Å². The smallest absolute Gasteiger partial charge is 0.243 e. The number of amides is 1. The quantitative estimate of drug-likeness (QED) is 0.885. The van der Waals surface area contributed by atoms with Gasteiger partial charge in [-0.3, -0.25) is 4.79 Å². The van der Waals surface area contributed by atoms with Gasteiger partial charge < -0.3 is 20.1 Å². The topological polar surface area (TPSA) is 59.6 Å². The molecule has 1 unspecified atom stereocenters. The van der Waals surface area contributed by atoms with Crippen LogP contribution in [-0.2, 0) is 9.53 Å². The fourth-order valence-electron chi connectivity index (χ4n) is 1.92. The van der Waals surface area contributed by atoms with Crippen molar-refractivity contribution >= 4 is 11.6 Å². The van der Waals surface area contributed by atoms with Crippen LogP contribution in [0.5, 0.6) is 5.75 Å². The van der Waals surface area contributed by atoms with Crippen LogP contribution in [0.3, 0.4) is 0 Å². The van der Waals surface area contributed by atoms with Crippen molar-refractivity contribution in [3.05, 3.63) is 24.3 Å². The zero-order chi connectivity index (χ0) is 14.6. The third kappa shape index (κ3) is 4.51. The first-order chi connectivity index (χ1) is 9.44.